The maximum absolute atomic E-state index is 4.57. The van der Waals surface area contributed by atoms with Crippen LogP contribution in [0.5, 0.6) is 0 Å². The van der Waals surface area contributed by atoms with Crippen molar-refractivity contribution in [3.8, 4) is 0 Å². The summed E-state index contributed by atoms with van der Waals surface area (Å²) >= 11 is 0. The van der Waals surface area contributed by atoms with Crippen LogP contribution in [0.3, 0.4) is 0 Å². The number of aromatic nitrogens is 1. The van der Waals surface area contributed by atoms with Gasteiger partial charge < -0.3 is 5.32 Å². The molecule has 0 amide bonds. The summed E-state index contributed by atoms with van der Waals surface area (Å²) in [6, 6.07) is 5.60. The average molecular weight is 247 g/mol. The molecule has 100 valence electrons. The first-order valence-electron chi connectivity index (χ1n) is 7.06. The zero-order valence-corrected chi connectivity index (χ0v) is 11.8. The third-order valence-electron chi connectivity index (χ3n) is 3.66. The van der Waals surface area contributed by atoms with Crippen molar-refractivity contribution >= 4 is 0 Å². The summed E-state index contributed by atoms with van der Waals surface area (Å²) < 4.78 is 0. The van der Waals surface area contributed by atoms with Gasteiger partial charge >= 0.3 is 0 Å². The summed E-state index contributed by atoms with van der Waals surface area (Å²) in [6.45, 7) is 9.77. The van der Waals surface area contributed by atoms with Crippen LogP contribution in [0.25, 0.3) is 0 Å². The molecule has 1 unspecified atom stereocenters. The molecule has 1 fully saturated rings. The molecule has 1 aromatic rings. The van der Waals surface area contributed by atoms with Crippen LogP contribution in [-0.2, 0) is 13.1 Å². The van der Waals surface area contributed by atoms with Crippen LogP contribution >= 0.6 is 0 Å². The highest BCUT2D eigenvalue weighted by molar-refractivity contribution is 5.14. The van der Waals surface area contributed by atoms with E-state index in [1.165, 1.54) is 30.6 Å². The molecule has 2 heterocycles. The lowest BCUT2D eigenvalue weighted by Crippen LogP contribution is -2.26. The topological polar surface area (TPSA) is 28.2 Å². The van der Waals surface area contributed by atoms with Crippen molar-refractivity contribution in [2.45, 2.75) is 58.8 Å². The largest absolute Gasteiger partial charge is 0.310 e. The summed E-state index contributed by atoms with van der Waals surface area (Å²) in [5.74, 6) is 0. The first-order chi connectivity index (χ1) is 8.65. The quantitative estimate of drug-likeness (QED) is 0.867. The molecule has 0 bridgehead atoms. The van der Waals surface area contributed by atoms with E-state index in [1.54, 1.807) is 0 Å². The number of likely N-dealkylation sites (tertiary alicyclic amines) is 1. The second-order valence-electron chi connectivity index (χ2n) is 5.66. The highest BCUT2D eigenvalue weighted by Crippen LogP contribution is 2.18. The van der Waals surface area contributed by atoms with Gasteiger partial charge in [0, 0.05) is 31.4 Å². The molecular formula is C15H25N3. The molecule has 0 saturated carbocycles. The lowest BCUT2D eigenvalue weighted by atomic mass is 10.2. The number of nitrogens with zero attached hydrogens (tertiary/aromatic N) is 2. The molecular weight excluding hydrogens is 222 g/mol. The van der Waals surface area contributed by atoms with Crippen LogP contribution in [0.1, 0.15) is 44.9 Å². The van der Waals surface area contributed by atoms with Gasteiger partial charge in [0.1, 0.15) is 0 Å². The zero-order valence-electron chi connectivity index (χ0n) is 11.8. The third kappa shape index (κ3) is 3.79. The number of nitrogens with one attached hydrogen (secondary N) is 1. The zero-order chi connectivity index (χ0) is 13.0. The number of hydrogen-bond donors (Lipinski definition) is 1. The van der Waals surface area contributed by atoms with E-state index < -0.39 is 0 Å². The normalized spacial score (nSPS) is 20.8. The number of hydrogen-bond acceptors (Lipinski definition) is 3. The molecule has 0 aromatic carbocycles. The number of pyridine rings is 1. The van der Waals surface area contributed by atoms with Crippen molar-refractivity contribution in [3.05, 3.63) is 29.6 Å². The van der Waals surface area contributed by atoms with Crippen molar-refractivity contribution in [3.63, 3.8) is 0 Å². The summed E-state index contributed by atoms with van der Waals surface area (Å²) in [5, 5.41) is 3.41. The molecule has 1 aliphatic rings. The van der Waals surface area contributed by atoms with E-state index in [1.807, 2.05) is 6.20 Å². The Morgan fingerprint density at radius 3 is 2.83 bits per heavy atom. The van der Waals surface area contributed by atoms with Gasteiger partial charge in [-0.1, -0.05) is 19.9 Å². The molecule has 1 atom stereocenters. The minimum absolute atomic E-state index is 0.523. The van der Waals surface area contributed by atoms with Gasteiger partial charge in [0.15, 0.2) is 0 Å². The van der Waals surface area contributed by atoms with E-state index in [9.17, 15) is 0 Å². The predicted octanol–water partition coefficient (Wildman–Crippen LogP) is 2.56. The Bertz CT molecular complexity index is 359. The highest BCUT2D eigenvalue weighted by atomic mass is 15.2. The van der Waals surface area contributed by atoms with E-state index in [-0.39, 0.29) is 0 Å². The maximum Gasteiger partial charge on any atom is 0.0544 e. The van der Waals surface area contributed by atoms with E-state index in [0.29, 0.717) is 12.1 Å². The molecule has 1 saturated heterocycles. The van der Waals surface area contributed by atoms with Gasteiger partial charge in [-0.3, -0.25) is 9.88 Å². The van der Waals surface area contributed by atoms with Gasteiger partial charge in [-0.05, 0) is 37.9 Å². The first-order valence-corrected chi connectivity index (χ1v) is 7.06. The van der Waals surface area contributed by atoms with Crippen LogP contribution < -0.4 is 5.32 Å². The monoisotopic (exact) mass is 247 g/mol. The molecule has 3 heteroatoms. The van der Waals surface area contributed by atoms with Gasteiger partial charge in [-0.25, -0.2) is 0 Å². The molecule has 0 radical (unpaired) electrons. The average Bonchev–Trinajstić information content (AvgIpc) is 2.74. The highest BCUT2D eigenvalue weighted by Gasteiger charge is 2.20. The Kier molecular flexibility index (Phi) is 4.72. The van der Waals surface area contributed by atoms with Crippen molar-refractivity contribution < 1.29 is 0 Å². The summed E-state index contributed by atoms with van der Waals surface area (Å²) in [4.78, 5) is 7.10. The molecule has 0 aliphatic carbocycles. The Hall–Kier alpha value is -0.930. The van der Waals surface area contributed by atoms with Crippen LogP contribution in [-0.4, -0.2) is 28.5 Å². The second kappa shape index (κ2) is 6.30. The smallest absolute Gasteiger partial charge is 0.0544 e. The minimum Gasteiger partial charge on any atom is -0.310 e. The molecule has 1 aliphatic heterocycles. The van der Waals surface area contributed by atoms with Gasteiger partial charge in [0.2, 0.25) is 0 Å². The third-order valence-corrected chi connectivity index (χ3v) is 3.66. The van der Waals surface area contributed by atoms with Crippen LogP contribution in [0.15, 0.2) is 18.3 Å². The number of rotatable bonds is 5. The van der Waals surface area contributed by atoms with Crippen molar-refractivity contribution in [2.75, 3.05) is 6.54 Å². The Morgan fingerprint density at radius 2 is 2.28 bits per heavy atom. The second-order valence-corrected chi connectivity index (χ2v) is 5.66. The molecule has 2 rings (SSSR count). The lowest BCUT2D eigenvalue weighted by molar-refractivity contribution is 0.257. The van der Waals surface area contributed by atoms with E-state index in [2.05, 4.69) is 48.1 Å². The lowest BCUT2D eigenvalue weighted by Gasteiger charge is -2.20. The minimum atomic E-state index is 0.523. The molecule has 0 spiro atoms. The van der Waals surface area contributed by atoms with Gasteiger partial charge in [-0.2, -0.15) is 0 Å². The maximum atomic E-state index is 4.57. The Balaban J connectivity index is 1.87. The van der Waals surface area contributed by atoms with Crippen molar-refractivity contribution in [2.24, 2.45) is 0 Å². The molecule has 3 nitrogen and oxygen atoms in total. The fourth-order valence-corrected chi connectivity index (χ4v) is 2.41. The first kappa shape index (κ1) is 13.5. The van der Waals surface area contributed by atoms with Gasteiger partial charge in [0.05, 0.1) is 5.69 Å². The molecule has 18 heavy (non-hydrogen) atoms. The van der Waals surface area contributed by atoms with Crippen LogP contribution in [0, 0.1) is 0 Å². The fourth-order valence-electron chi connectivity index (χ4n) is 2.41. The standard InChI is InChI=1S/C15H25N3/c1-12(2)16-9-14-6-7-15(17-10-14)11-18-8-4-5-13(18)3/h6-7,10,12-13,16H,4-5,8-9,11H2,1-3H3. The fraction of sp³-hybridized carbons (Fsp3) is 0.667. The summed E-state index contributed by atoms with van der Waals surface area (Å²) in [7, 11) is 0. The summed E-state index contributed by atoms with van der Waals surface area (Å²) in [5.41, 5.74) is 2.46. The predicted molar refractivity (Wildman–Crippen MR) is 75.3 cm³/mol. The van der Waals surface area contributed by atoms with Crippen molar-refractivity contribution in [1.82, 2.24) is 15.2 Å². The molecule has 1 N–H and O–H groups in total. The van der Waals surface area contributed by atoms with Gasteiger partial charge in [-0.15, -0.1) is 0 Å². The van der Waals surface area contributed by atoms with Gasteiger partial charge in [0.25, 0.3) is 0 Å². The van der Waals surface area contributed by atoms with E-state index in [0.717, 1.165) is 13.1 Å². The molecule has 1 aromatic heterocycles. The van der Waals surface area contributed by atoms with Crippen LogP contribution in [0.2, 0.25) is 0 Å². The summed E-state index contributed by atoms with van der Waals surface area (Å²) in [6.07, 6.45) is 4.67. The van der Waals surface area contributed by atoms with Crippen LogP contribution in [0.4, 0.5) is 0 Å². The Labute approximate surface area is 111 Å². The SMILES string of the molecule is CC(C)NCc1ccc(CN2CCCC2C)nc1. The van der Waals surface area contributed by atoms with E-state index >= 15 is 0 Å². The van der Waals surface area contributed by atoms with E-state index in [4.69, 9.17) is 0 Å². The van der Waals surface area contributed by atoms with Crippen molar-refractivity contribution in [1.29, 1.82) is 0 Å². The Morgan fingerprint density at radius 1 is 1.44 bits per heavy atom.